The van der Waals surface area contributed by atoms with E-state index in [1.54, 1.807) is 19.1 Å². The van der Waals surface area contributed by atoms with Crippen LogP contribution in [0, 0.1) is 0 Å². The number of carbonyl (C=O) groups is 1. The number of para-hydroxylation sites is 1. The van der Waals surface area contributed by atoms with E-state index in [2.05, 4.69) is 5.32 Å². The number of nitrogens with one attached hydrogen (secondary N) is 1. The fourth-order valence-electron chi connectivity index (χ4n) is 2.83. The van der Waals surface area contributed by atoms with Gasteiger partial charge in [0.15, 0.2) is 0 Å². The van der Waals surface area contributed by atoms with E-state index in [0.29, 0.717) is 13.1 Å². The molecule has 0 atom stereocenters. The van der Waals surface area contributed by atoms with E-state index in [1.165, 1.54) is 0 Å². The molecule has 0 bridgehead atoms. The Bertz CT molecular complexity index is 828. The number of nitrogens with zero attached hydrogens (tertiary/aromatic N) is 1. The fraction of sp³-hybridized carbons (Fsp3) is 0.174. The first-order chi connectivity index (χ1) is 13.7. The first kappa shape index (κ1) is 19.3. The number of carbonyl (C=O) groups excluding carboxylic acids is 1. The summed E-state index contributed by atoms with van der Waals surface area (Å²) < 4.78 is 10.4. The number of rotatable bonds is 7. The summed E-state index contributed by atoms with van der Waals surface area (Å²) in [6.07, 6.45) is 0. The third-order valence-corrected chi connectivity index (χ3v) is 4.38. The minimum absolute atomic E-state index is 0.155. The summed E-state index contributed by atoms with van der Waals surface area (Å²) in [6.45, 7) is 0.962. The van der Waals surface area contributed by atoms with Gasteiger partial charge in [0.05, 0.1) is 14.2 Å². The van der Waals surface area contributed by atoms with Crippen molar-refractivity contribution in [2.45, 2.75) is 13.1 Å². The van der Waals surface area contributed by atoms with Gasteiger partial charge in [0.25, 0.3) is 0 Å². The minimum Gasteiger partial charge on any atom is -0.497 e. The van der Waals surface area contributed by atoms with Crippen LogP contribution in [0.5, 0.6) is 11.5 Å². The van der Waals surface area contributed by atoms with Crippen LogP contribution in [0.25, 0.3) is 0 Å². The van der Waals surface area contributed by atoms with Crippen molar-refractivity contribution in [2.75, 3.05) is 19.5 Å². The quantitative estimate of drug-likeness (QED) is 0.635. The van der Waals surface area contributed by atoms with Crippen molar-refractivity contribution in [3.8, 4) is 11.5 Å². The zero-order valence-corrected chi connectivity index (χ0v) is 16.1. The minimum atomic E-state index is -0.155. The van der Waals surface area contributed by atoms with Crippen molar-refractivity contribution < 1.29 is 14.3 Å². The van der Waals surface area contributed by atoms with Crippen LogP contribution in [0.15, 0.2) is 78.9 Å². The van der Waals surface area contributed by atoms with Crippen LogP contribution in [0.1, 0.15) is 11.1 Å². The number of anilines is 1. The molecular weight excluding hydrogens is 352 g/mol. The molecular formula is C23H24N2O3. The molecule has 5 heteroatoms. The average molecular weight is 376 g/mol. The summed E-state index contributed by atoms with van der Waals surface area (Å²) in [5.74, 6) is 1.58. The topological polar surface area (TPSA) is 50.8 Å². The second-order valence-corrected chi connectivity index (χ2v) is 6.35. The van der Waals surface area contributed by atoms with Gasteiger partial charge in [-0.15, -0.1) is 0 Å². The molecule has 0 aromatic heterocycles. The smallest absolute Gasteiger partial charge is 0.322 e. The zero-order chi connectivity index (χ0) is 19.8. The Morgan fingerprint density at radius 2 is 1.21 bits per heavy atom. The van der Waals surface area contributed by atoms with E-state index in [4.69, 9.17) is 9.47 Å². The average Bonchev–Trinajstić information content (AvgIpc) is 2.75. The lowest BCUT2D eigenvalue weighted by molar-refractivity contribution is 0.206. The summed E-state index contributed by atoms with van der Waals surface area (Å²) in [5, 5.41) is 2.97. The Morgan fingerprint density at radius 3 is 1.64 bits per heavy atom. The normalized spacial score (nSPS) is 10.2. The van der Waals surface area contributed by atoms with Gasteiger partial charge in [-0.3, -0.25) is 0 Å². The van der Waals surface area contributed by atoms with Crippen molar-refractivity contribution in [2.24, 2.45) is 0 Å². The van der Waals surface area contributed by atoms with Gasteiger partial charge in [0, 0.05) is 18.8 Å². The zero-order valence-electron chi connectivity index (χ0n) is 16.1. The molecule has 1 N–H and O–H groups in total. The van der Waals surface area contributed by atoms with Crippen LogP contribution in [-0.2, 0) is 13.1 Å². The Kier molecular flexibility index (Phi) is 6.52. The van der Waals surface area contributed by atoms with E-state index in [0.717, 1.165) is 28.3 Å². The van der Waals surface area contributed by atoms with Gasteiger partial charge >= 0.3 is 6.03 Å². The maximum absolute atomic E-state index is 12.9. The second kappa shape index (κ2) is 9.46. The van der Waals surface area contributed by atoms with Gasteiger partial charge in [-0.25, -0.2) is 4.79 Å². The van der Waals surface area contributed by atoms with Crippen molar-refractivity contribution in [1.82, 2.24) is 4.90 Å². The summed E-state index contributed by atoms with van der Waals surface area (Å²) in [6, 6.07) is 24.8. The number of ether oxygens (including phenoxy) is 2. The van der Waals surface area contributed by atoms with Crippen LogP contribution in [-0.4, -0.2) is 25.2 Å². The third-order valence-electron chi connectivity index (χ3n) is 4.38. The number of methoxy groups -OCH3 is 2. The van der Waals surface area contributed by atoms with Gasteiger partial charge in [-0.1, -0.05) is 42.5 Å². The molecule has 28 heavy (non-hydrogen) atoms. The lowest BCUT2D eigenvalue weighted by Gasteiger charge is -2.24. The van der Waals surface area contributed by atoms with E-state index in [9.17, 15) is 4.79 Å². The van der Waals surface area contributed by atoms with Crippen LogP contribution in [0.2, 0.25) is 0 Å². The molecule has 0 spiro atoms. The Balaban J connectivity index is 1.77. The molecule has 0 fully saturated rings. The van der Waals surface area contributed by atoms with Crippen molar-refractivity contribution >= 4 is 11.7 Å². The highest BCUT2D eigenvalue weighted by molar-refractivity contribution is 5.89. The Morgan fingerprint density at radius 1 is 0.750 bits per heavy atom. The largest absolute Gasteiger partial charge is 0.497 e. The molecule has 0 saturated carbocycles. The van der Waals surface area contributed by atoms with Crippen LogP contribution in [0.4, 0.5) is 10.5 Å². The van der Waals surface area contributed by atoms with Crippen LogP contribution in [0.3, 0.4) is 0 Å². The summed E-state index contributed by atoms with van der Waals surface area (Å²) in [7, 11) is 3.27. The second-order valence-electron chi connectivity index (χ2n) is 6.35. The number of urea groups is 1. The predicted molar refractivity (Wildman–Crippen MR) is 111 cm³/mol. The molecule has 5 nitrogen and oxygen atoms in total. The SMILES string of the molecule is COc1ccc(CN(Cc2ccc(OC)cc2)C(=O)Nc2ccccc2)cc1. The molecule has 0 saturated heterocycles. The predicted octanol–water partition coefficient (Wildman–Crippen LogP) is 4.94. The maximum Gasteiger partial charge on any atom is 0.322 e. The molecule has 2 amide bonds. The van der Waals surface area contributed by atoms with Crippen LogP contribution >= 0.6 is 0 Å². The van der Waals surface area contributed by atoms with E-state index < -0.39 is 0 Å². The Labute approximate surface area is 165 Å². The number of amides is 2. The first-order valence-electron chi connectivity index (χ1n) is 9.05. The molecule has 0 aliphatic heterocycles. The van der Waals surface area contributed by atoms with Gasteiger partial charge in [-0.2, -0.15) is 0 Å². The number of hydrogen-bond donors (Lipinski definition) is 1. The first-order valence-corrected chi connectivity index (χ1v) is 9.05. The third kappa shape index (κ3) is 5.27. The van der Waals surface area contributed by atoms with Crippen molar-refractivity contribution in [3.63, 3.8) is 0 Å². The van der Waals surface area contributed by atoms with Gasteiger partial charge in [0.1, 0.15) is 11.5 Å². The summed E-state index contributed by atoms with van der Waals surface area (Å²) >= 11 is 0. The summed E-state index contributed by atoms with van der Waals surface area (Å²) in [5.41, 5.74) is 2.82. The van der Waals surface area contributed by atoms with Gasteiger partial charge in [0.2, 0.25) is 0 Å². The highest BCUT2D eigenvalue weighted by Gasteiger charge is 2.15. The number of hydrogen-bond acceptors (Lipinski definition) is 3. The van der Waals surface area contributed by atoms with Crippen molar-refractivity contribution in [1.29, 1.82) is 0 Å². The van der Waals surface area contributed by atoms with E-state index in [-0.39, 0.29) is 6.03 Å². The Hall–Kier alpha value is -3.47. The van der Waals surface area contributed by atoms with Gasteiger partial charge in [-0.05, 0) is 47.5 Å². The molecule has 0 unspecified atom stereocenters. The highest BCUT2D eigenvalue weighted by Crippen LogP contribution is 2.18. The number of benzene rings is 3. The van der Waals surface area contributed by atoms with E-state index in [1.807, 2.05) is 78.9 Å². The fourth-order valence-corrected chi connectivity index (χ4v) is 2.83. The molecule has 0 aliphatic carbocycles. The van der Waals surface area contributed by atoms with Crippen molar-refractivity contribution in [3.05, 3.63) is 90.0 Å². The molecule has 0 radical (unpaired) electrons. The molecule has 0 aliphatic rings. The van der Waals surface area contributed by atoms with Crippen LogP contribution < -0.4 is 14.8 Å². The highest BCUT2D eigenvalue weighted by atomic mass is 16.5. The lowest BCUT2D eigenvalue weighted by atomic mass is 10.1. The molecule has 3 rings (SSSR count). The standard InChI is InChI=1S/C23H24N2O3/c1-27-21-12-8-18(9-13-21)16-25(17-19-10-14-22(28-2)15-11-19)23(26)24-20-6-4-3-5-7-20/h3-15H,16-17H2,1-2H3,(H,24,26). The molecule has 3 aromatic carbocycles. The monoisotopic (exact) mass is 376 g/mol. The molecule has 144 valence electrons. The molecule has 3 aromatic rings. The summed E-state index contributed by atoms with van der Waals surface area (Å²) in [4.78, 5) is 14.7. The van der Waals surface area contributed by atoms with E-state index >= 15 is 0 Å². The lowest BCUT2D eigenvalue weighted by Crippen LogP contribution is -2.34. The molecule has 0 heterocycles. The van der Waals surface area contributed by atoms with Gasteiger partial charge < -0.3 is 19.7 Å². The maximum atomic E-state index is 12.9.